The molecule has 2 fully saturated rings. The van der Waals surface area contributed by atoms with Crippen molar-refractivity contribution in [1.29, 1.82) is 0 Å². The maximum atomic E-state index is 13.5. The van der Waals surface area contributed by atoms with E-state index in [1.807, 2.05) is 0 Å². The van der Waals surface area contributed by atoms with E-state index in [1.54, 1.807) is 60.5 Å². The molecule has 1 saturated carbocycles. The highest BCUT2D eigenvalue weighted by Gasteiger charge is 2.46. The first-order valence-electron chi connectivity index (χ1n) is 10.8. The molecule has 8 heteroatoms. The summed E-state index contributed by atoms with van der Waals surface area (Å²) in [4.78, 5) is 41.0. The molecule has 168 valence electrons. The summed E-state index contributed by atoms with van der Waals surface area (Å²) in [5.74, 6) is -0.230. The molecule has 0 radical (unpaired) electrons. The zero-order valence-corrected chi connectivity index (χ0v) is 18.6. The maximum absolute atomic E-state index is 13.5. The Morgan fingerprint density at radius 2 is 1.78 bits per heavy atom. The Bertz CT molecular complexity index is 993. The molecule has 32 heavy (non-hydrogen) atoms. The summed E-state index contributed by atoms with van der Waals surface area (Å²) in [6.07, 6.45) is 3.48. The van der Waals surface area contributed by atoms with E-state index in [0.29, 0.717) is 22.0 Å². The number of hydrogen-bond acceptors (Lipinski definition) is 4. The molecule has 1 aliphatic carbocycles. The van der Waals surface area contributed by atoms with Crippen LogP contribution in [0.4, 0.5) is 5.69 Å². The molecule has 2 N–H and O–H groups in total. The Labute approximate surface area is 192 Å². The third kappa shape index (κ3) is 4.72. The Kier molecular flexibility index (Phi) is 6.65. The molecule has 1 heterocycles. The zero-order chi connectivity index (χ0) is 22.7. The van der Waals surface area contributed by atoms with Gasteiger partial charge in [-0.05, 0) is 61.4 Å². The molecule has 0 aromatic heterocycles. The average Bonchev–Trinajstić information content (AvgIpc) is 2.80. The summed E-state index contributed by atoms with van der Waals surface area (Å²) < 4.78 is 5.18. The second-order valence-corrected chi connectivity index (χ2v) is 8.62. The number of hydrogen-bond donors (Lipinski definition) is 2. The zero-order valence-electron chi connectivity index (χ0n) is 17.8. The van der Waals surface area contributed by atoms with E-state index in [2.05, 4.69) is 10.6 Å². The minimum atomic E-state index is -0.878. The van der Waals surface area contributed by atoms with E-state index in [-0.39, 0.29) is 36.2 Å². The molecule has 2 aromatic rings. The fraction of sp³-hybridized carbons (Fsp3) is 0.375. The highest BCUT2D eigenvalue weighted by molar-refractivity contribution is 6.30. The van der Waals surface area contributed by atoms with Gasteiger partial charge in [-0.15, -0.1) is 0 Å². The Morgan fingerprint density at radius 1 is 1.09 bits per heavy atom. The largest absolute Gasteiger partial charge is 0.497 e. The summed E-state index contributed by atoms with van der Waals surface area (Å²) in [7, 11) is 1.56. The number of amides is 3. The Hall–Kier alpha value is -3.06. The van der Waals surface area contributed by atoms with Gasteiger partial charge in [-0.25, -0.2) is 0 Å². The van der Waals surface area contributed by atoms with Gasteiger partial charge < -0.3 is 20.3 Å². The van der Waals surface area contributed by atoms with Crippen LogP contribution >= 0.6 is 11.6 Å². The lowest BCUT2D eigenvalue weighted by molar-refractivity contribution is -0.135. The van der Waals surface area contributed by atoms with Crippen molar-refractivity contribution in [3.05, 3.63) is 59.1 Å². The van der Waals surface area contributed by atoms with Crippen molar-refractivity contribution < 1.29 is 19.1 Å². The predicted molar refractivity (Wildman–Crippen MR) is 122 cm³/mol. The average molecular weight is 456 g/mol. The van der Waals surface area contributed by atoms with Crippen LogP contribution in [0.15, 0.2) is 48.5 Å². The van der Waals surface area contributed by atoms with Gasteiger partial charge in [0.2, 0.25) is 11.8 Å². The molecule has 3 unspecified atom stereocenters. The molecule has 3 atom stereocenters. The molecule has 0 spiro atoms. The van der Waals surface area contributed by atoms with Crippen LogP contribution in [0.3, 0.4) is 0 Å². The van der Waals surface area contributed by atoms with Crippen molar-refractivity contribution in [2.24, 2.45) is 0 Å². The van der Waals surface area contributed by atoms with Crippen LogP contribution in [-0.2, 0) is 9.59 Å². The number of ether oxygens (including phenoxy) is 1. The molecule has 1 aliphatic heterocycles. The lowest BCUT2D eigenvalue weighted by atomic mass is 9.84. The number of anilines is 1. The van der Waals surface area contributed by atoms with Gasteiger partial charge in [0.25, 0.3) is 5.91 Å². The molecule has 4 rings (SSSR count). The van der Waals surface area contributed by atoms with Crippen molar-refractivity contribution >= 4 is 35.0 Å². The number of rotatable bonds is 5. The Balaban J connectivity index is 1.58. The summed E-state index contributed by atoms with van der Waals surface area (Å²) in [6.45, 7) is 0. The molecule has 2 aromatic carbocycles. The van der Waals surface area contributed by atoms with Crippen LogP contribution < -0.4 is 15.4 Å². The standard InChI is InChI=1S/C24H26ClN3O4/c1-32-18-12-6-15(7-13-18)24(31)28-20-5-3-2-4-19(20)27-23(30)21(28)14-22(29)26-17-10-8-16(25)9-11-17/h6-13,19-21H,2-5,14H2,1H3,(H,26,29)(H,27,30). The first-order chi connectivity index (χ1) is 15.5. The molecule has 7 nitrogen and oxygen atoms in total. The molecule has 1 saturated heterocycles. The number of fused-ring (bicyclic) bond motifs is 1. The molecule has 0 bridgehead atoms. The highest BCUT2D eigenvalue weighted by atomic mass is 35.5. The van der Waals surface area contributed by atoms with Gasteiger partial charge in [-0.2, -0.15) is 0 Å². The third-order valence-electron chi connectivity index (χ3n) is 6.13. The second-order valence-electron chi connectivity index (χ2n) is 8.18. The van der Waals surface area contributed by atoms with Crippen LogP contribution in [0, 0.1) is 0 Å². The molecule has 2 aliphatic rings. The maximum Gasteiger partial charge on any atom is 0.254 e. The van der Waals surface area contributed by atoms with Crippen LogP contribution in [0.1, 0.15) is 42.5 Å². The van der Waals surface area contributed by atoms with Crippen molar-refractivity contribution in [3.8, 4) is 5.75 Å². The highest BCUT2D eigenvalue weighted by Crippen LogP contribution is 2.31. The monoisotopic (exact) mass is 455 g/mol. The number of methoxy groups -OCH3 is 1. The smallest absolute Gasteiger partial charge is 0.254 e. The van der Waals surface area contributed by atoms with Crippen LogP contribution in [0.25, 0.3) is 0 Å². The summed E-state index contributed by atoms with van der Waals surface area (Å²) in [5, 5.41) is 6.40. The summed E-state index contributed by atoms with van der Waals surface area (Å²) in [5.41, 5.74) is 1.05. The first kappa shape index (κ1) is 22.1. The van der Waals surface area contributed by atoms with Gasteiger partial charge in [0.15, 0.2) is 0 Å². The fourth-order valence-electron chi connectivity index (χ4n) is 4.54. The van der Waals surface area contributed by atoms with Crippen LogP contribution in [-0.4, -0.2) is 47.9 Å². The van der Waals surface area contributed by atoms with Crippen molar-refractivity contribution in [2.45, 2.75) is 50.2 Å². The fourth-order valence-corrected chi connectivity index (χ4v) is 4.66. The van der Waals surface area contributed by atoms with Crippen LogP contribution in [0.2, 0.25) is 5.02 Å². The van der Waals surface area contributed by atoms with Crippen LogP contribution in [0.5, 0.6) is 5.75 Å². The van der Waals surface area contributed by atoms with E-state index < -0.39 is 6.04 Å². The number of carbonyl (C=O) groups is 3. The molecular formula is C24H26ClN3O4. The second kappa shape index (κ2) is 9.61. The van der Waals surface area contributed by atoms with Crippen molar-refractivity contribution in [3.63, 3.8) is 0 Å². The number of benzene rings is 2. The van der Waals surface area contributed by atoms with E-state index in [0.717, 1.165) is 25.7 Å². The van der Waals surface area contributed by atoms with E-state index >= 15 is 0 Å². The number of carbonyl (C=O) groups excluding carboxylic acids is 3. The third-order valence-corrected chi connectivity index (χ3v) is 6.38. The predicted octanol–water partition coefficient (Wildman–Crippen LogP) is 3.63. The van der Waals surface area contributed by atoms with E-state index in [1.165, 1.54) is 0 Å². The molecular weight excluding hydrogens is 430 g/mol. The summed E-state index contributed by atoms with van der Waals surface area (Å²) >= 11 is 5.90. The van der Waals surface area contributed by atoms with Gasteiger partial charge in [0.1, 0.15) is 11.8 Å². The number of nitrogens with one attached hydrogen (secondary N) is 2. The number of piperazine rings is 1. The topological polar surface area (TPSA) is 87.7 Å². The minimum absolute atomic E-state index is 0.0889. The number of halogens is 1. The Morgan fingerprint density at radius 3 is 2.47 bits per heavy atom. The minimum Gasteiger partial charge on any atom is -0.497 e. The lowest BCUT2D eigenvalue weighted by Crippen LogP contribution is -2.68. The van der Waals surface area contributed by atoms with Gasteiger partial charge in [0, 0.05) is 22.3 Å². The van der Waals surface area contributed by atoms with Crippen molar-refractivity contribution in [1.82, 2.24) is 10.2 Å². The number of nitrogens with zero attached hydrogens (tertiary/aromatic N) is 1. The normalized spacial score (nSPS) is 22.5. The first-order valence-corrected chi connectivity index (χ1v) is 11.2. The summed E-state index contributed by atoms with van der Waals surface area (Å²) in [6, 6.07) is 12.5. The lowest BCUT2D eigenvalue weighted by Gasteiger charge is -2.48. The van der Waals surface area contributed by atoms with Crippen molar-refractivity contribution in [2.75, 3.05) is 12.4 Å². The van der Waals surface area contributed by atoms with Gasteiger partial charge in [-0.1, -0.05) is 24.4 Å². The van der Waals surface area contributed by atoms with E-state index in [4.69, 9.17) is 16.3 Å². The van der Waals surface area contributed by atoms with Gasteiger partial charge >= 0.3 is 0 Å². The SMILES string of the molecule is COc1ccc(C(=O)N2C(CC(=O)Nc3ccc(Cl)cc3)C(=O)NC3CCCCC32)cc1. The van der Waals surface area contributed by atoms with Gasteiger partial charge in [-0.3, -0.25) is 14.4 Å². The molecule has 3 amide bonds. The van der Waals surface area contributed by atoms with Gasteiger partial charge in [0.05, 0.1) is 19.6 Å². The quantitative estimate of drug-likeness (QED) is 0.720. The van der Waals surface area contributed by atoms with E-state index in [9.17, 15) is 14.4 Å².